The lowest BCUT2D eigenvalue weighted by Gasteiger charge is -2.16. The van der Waals surface area contributed by atoms with Gasteiger partial charge in [0.25, 0.3) is 0 Å². The molecule has 1 saturated carbocycles. The molecule has 5 nitrogen and oxygen atoms in total. The van der Waals surface area contributed by atoms with E-state index in [1.54, 1.807) is 23.9 Å². The monoisotopic (exact) mass is 271 g/mol. The minimum Gasteiger partial charge on any atom is -0.352 e. The van der Waals surface area contributed by atoms with Crippen molar-refractivity contribution < 1.29 is 8.42 Å². The first kappa shape index (κ1) is 13.6. The maximum absolute atomic E-state index is 12.2. The Hall–Kier alpha value is -0.850. The summed E-state index contributed by atoms with van der Waals surface area (Å²) in [5.41, 5.74) is 6.37. The number of aromatic nitrogens is 1. The van der Waals surface area contributed by atoms with E-state index in [0.29, 0.717) is 17.4 Å². The molecule has 0 aromatic carbocycles. The Morgan fingerprint density at radius 3 is 2.72 bits per heavy atom. The summed E-state index contributed by atoms with van der Waals surface area (Å²) < 4.78 is 29.1. The largest absolute Gasteiger partial charge is 0.352 e. The SMILES string of the molecule is CC1CCCC1NS(=O)(=O)c1cc(CN)n(C)c1. The fraction of sp³-hybridized carbons (Fsp3) is 0.667. The summed E-state index contributed by atoms with van der Waals surface area (Å²) in [5.74, 6) is 0.414. The van der Waals surface area contributed by atoms with Crippen molar-refractivity contribution in [2.24, 2.45) is 18.7 Å². The van der Waals surface area contributed by atoms with Gasteiger partial charge in [-0.2, -0.15) is 0 Å². The molecule has 1 fully saturated rings. The van der Waals surface area contributed by atoms with Crippen molar-refractivity contribution in [1.29, 1.82) is 0 Å². The van der Waals surface area contributed by atoms with Crippen molar-refractivity contribution in [2.75, 3.05) is 0 Å². The summed E-state index contributed by atoms with van der Waals surface area (Å²) in [6.07, 6.45) is 4.73. The van der Waals surface area contributed by atoms with Crippen LogP contribution in [0.25, 0.3) is 0 Å². The molecule has 2 rings (SSSR count). The lowest BCUT2D eigenvalue weighted by molar-refractivity contribution is 0.476. The average molecular weight is 271 g/mol. The standard InChI is InChI=1S/C12H21N3O2S/c1-9-4-3-5-12(9)14-18(16,17)11-6-10(7-13)15(2)8-11/h6,8-9,12,14H,3-5,7,13H2,1-2H3. The molecule has 0 saturated heterocycles. The van der Waals surface area contributed by atoms with Crippen molar-refractivity contribution >= 4 is 10.0 Å². The topological polar surface area (TPSA) is 77.1 Å². The first-order valence-electron chi connectivity index (χ1n) is 6.31. The number of nitrogens with zero attached hydrogens (tertiary/aromatic N) is 1. The van der Waals surface area contributed by atoms with Gasteiger partial charge in [-0.15, -0.1) is 0 Å². The molecule has 1 heterocycles. The quantitative estimate of drug-likeness (QED) is 0.856. The molecule has 1 aliphatic rings. The second-order valence-electron chi connectivity index (χ2n) is 5.12. The van der Waals surface area contributed by atoms with Gasteiger partial charge in [0.2, 0.25) is 10.0 Å². The highest BCUT2D eigenvalue weighted by atomic mass is 32.2. The minimum atomic E-state index is -3.41. The summed E-state index contributed by atoms with van der Waals surface area (Å²) in [7, 11) is -1.61. The summed E-state index contributed by atoms with van der Waals surface area (Å²) in [6, 6.07) is 1.71. The molecular weight excluding hydrogens is 250 g/mol. The lowest BCUT2D eigenvalue weighted by Crippen LogP contribution is -2.36. The van der Waals surface area contributed by atoms with E-state index in [2.05, 4.69) is 11.6 Å². The molecule has 18 heavy (non-hydrogen) atoms. The van der Waals surface area contributed by atoms with Crippen LogP contribution in [0.2, 0.25) is 0 Å². The number of rotatable bonds is 4. The zero-order valence-corrected chi connectivity index (χ0v) is 11.7. The van der Waals surface area contributed by atoms with E-state index < -0.39 is 10.0 Å². The van der Waals surface area contributed by atoms with Gasteiger partial charge in [-0.25, -0.2) is 13.1 Å². The number of hydrogen-bond donors (Lipinski definition) is 2. The van der Waals surface area contributed by atoms with Gasteiger partial charge >= 0.3 is 0 Å². The number of hydrogen-bond acceptors (Lipinski definition) is 3. The molecule has 102 valence electrons. The zero-order valence-electron chi connectivity index (χ0n) is 10.9. The van der Waals surface area contributed by atoms with Gasteiger partial charge in [-0.3, -0.25) is 0 Å². The van der Waals surface area contributed by atoms with Crippen LogP contribution >= 0.6 is 0 Å². The van der Waals surface area contributed by atoms with E-state index in [-0.39, 0.29) is 6.04 Å². The molecule has 6 heteroatoms. The Kier molecular flexibility index (Phi) is 3.79. The molecule has 0 radical (unpaired) electrons. The number of aryl methyl sites for hydroxylation is 1. The van der Waals surface area contributed by atoms with Gasteiger partial charge in [0.05, 0.1) is 4.90 Å². The van der Waals surface area contributed by atoms with Gasteiger partial charge in [-0.05, 0) is 24.8 Å². The van der Waals surface area contributed by atoms with Crippen LogP contribution in [0.5, 0.6) is 0 Å². The summed E-state index contributed by atoms with van der Waals surface area (Å²) >= 11 is 0. The molecule has 0 spiro atoms. The summed E-state index contributed by atoms with van der Waals surface area (Å²) in [5, 5.41) is 0. The van der Waals surface area contributed by atoms with Crippen LogP contribution in [-0.2, 0) is 23.6 Å². The normalized spacial score (nSPS) is 24.6. The predicted octanol–water partition coefficient (Wildman–Crippen LogP) is 0.951. The second kappa shape index (κ2) is 5.03. The van der Waals surface area contributed by atoms with E-state index in [0.717, 1.165) is 25.0 Å². The third-order valence-corrected chi connectivity index (χ3v) is 5.23. The van der Waals surface area contributed by atoms with Crippen molar-refractivity contribution in [2.45, 2.75) is 43.7 Å². The highest BCUT2D eigenvalue weighted by Gasteiger charge is 2.28. The fourth-order valence-electron chi connectivity index (χ4n) is 2.51. The Bertz CT molecular complexity index is 521. The first-order valence-corrected chi connectivity index (χ1v) is 7.80. The van der Waals surface area contributed by atoms with Crippen molar-refractivity contribution in [1.82, 2.24) is 9.29 Å². The van der Waals surface area contributed by atoms with Gasteiger partial charge in [-0.1, -0.05) is 13.3 Å². The highest BCUT2D eigenvalue weighted by molar-refractivity contribution is 7.89. The second-order valence-corrected chi connectivity index (χ2v) is 6.83. The first-order chi connectivity index (χ1) is 8.44. The van der Waals surface area contributed by atoms with Crippen molar-refractivity contribution in [3.63, 3.8) is 0 Å². The fourth-order valence-corrected chi connectivity index (χ4v) is 3.99. The number of nitrogens with one attached hydrogen (secondary N) is 1. The molecule has 0 aliphatic heterocycles. The Morgan fingerprint density at radius 1 is 1.50 bits per heavy atom. The van der Waals surface area contributed by atoms with Crippen LogP contribution in [0.4, 0.5) is 0 Å². The zero-order chi connectivity index (χ0) is 13.3. The van der Waals surface area contributed by atoms with Crippen LogP contribution in [0, 0.1) is 5.92 Å². The average Bonchev–Trinajstić information content (AvgIpc) is 2.86. The minimum absolute atomic E-state index is 0.0662. The van der Waals surface area contributed by atoms with E-state index in [1.807, 2.05) is 0 Å². The molecular formula is C12H21N3O2S. The van der Waals surface area contributed by atoms with Gasteiger partial charge in [0.15, 0.2) is 0 Å². The molecule has 2 atom stereocenters. The smallest absolute Gasteiger partial charge is 0.242 e. The van der Waals surface area contributed by atoms with Crippen LogP contribution in [0.1, 0.15) is 31.9 Å². The predicted molar refractivity (Wildman–Crippen MR) is 70.4 cm³/mol. The molecule has 2 unspecified atom stereocenters. The van der Waals surface area contributed by atoms with E-state index >= 15 is 0 Å². The van der Waals surface area contributed by atoms with Crippen molar-refractivity contribution in [3.05, 3.63) is 18.0 Å². The Balaban J connectivity index is 2.19. The maximum atomic E-state index is 12.2. The molecule has 0 amide bonds. The van der Waals surface area contributed by atoms with E-state index in [9.17, 15) is 8.42 Å². The van der Waals surface area contributed by atoms with Gasteiger partial charge in [0.1, 0.15) is 0 Å². The van der Waals surface area contributed by atoms with E-state index in [1.165, 1.54) is 0 Å². The van der Waals surface area contributed by atoms with Crippen molar-refractivity contribution in [3.8, 4) is 0 Å². The van der Waals surface area contributed by atoms with Crippen LogP contribution < -0.4 is 10.5 Å². The molecule has 0 bridgehead atoms. The maximum Gasteiger partial charge on any atom is 0.242 e. The number of sulfonamides is 1. The summed E-state index contributed by atoms with van der Waals surface area (Å²) in [6.45, 7) is 2.43. The number of nitrogens with two attached hydrogens (primary N) is 1. The van der Waals surface area contributed by atoms with Crippen LogP contribution in [0.3, 0.4) is 0 Å². The highest BCUT2D eigenvalue weighted by Crippen LogP contribution is 2.26. The van der Waals surface area contributed by atoms with Gasteiger partial charge < -0.3 is 10.3 Å². The third-order valence-electron chi connectivity index (χ3n) is 3.77. The third kappa shape index (κ3) is 2.60. The van der Waals surface area contributed by atoms with E-state index in [4.69, 9.17) is 5.73 Å². The van der Waals surface area contributed by atoms with Crippen LogP contribution in [-0.4, -0.2) is 19.0 Å². The summed E-state index contributed by atoms with van der Waals surface area (Å²) in [4.78, 5) is 0.310. The van der Waals surface area contributed by atoms with Crippen LogP contribution in [0.15, 0.2) is 17.2 Å². The van der Waals surface area contributed by atoms with Gasteiger partial charge in [0, 0.05) is 31.5 Å². The molecule has 1 aromatic rings. The lowest BCUT2D eigenvalue weighted by atomic mass is 10.1. The Labute approximate surface area is 108 Å². The Morgan fingerprint density at radius 2 is 2.22 bits per heavy atom. The molecule has 1 aromatic heterocycles. The molecule has 3 N–H and O–H groups in total. The molecule has 1 aliphatic carbocycles.